The lowest BCUT2D eigenvalue weighted by molar-refractivity contribution is -0.122. The van der Waals surface area contributed by atoms with Gasteiger partial charge in [0.05, 0.1) is 6.54 Å². The molecule has 0 saturated heterocycles. The standard InChI is InChI=1S/C14H30N2O/c1-7-12(8-2)11(4)15-10-13(17)16-14(5,6)9-3/h11-12,15H,7-10H2,1-6H3,(H,16,17). The van der Waals surface area contributed by atoms with E-state index in [0.717, 1.165) is 19.3 Å². The van der Waals surface area contributed by atoms with E-state index in [2.05, 4.69) is 52.2 Å². The van der Waals surface area contributed by atoms with Crippen LogP contribution in [0.5, 0.6) is 0 Å². The Morgan fingerprint density at radius 3 is 2.12 bits per heavy atom. The highest BCUT2D eigenvalue weighted by molar-refractivity contribution is 5.78. The van der Waals surface area contributed by atoms with Gasteiger partial charge in [-0.05, 0) is 33.1 Å². The highest BCUT2D eigenvalue weighted by Crippen LogP contribution is 2.12. The molecular formula is C14H30N2O. The average molecular weight is 242 g/mol. The molecule has 0 aromatic rings. The monoisotopic (exact) mass is 242 g/mol. The van der Waals surface area contributed by atoms with Gasteiger partial charge >= 0.3 is 0 Å². The second kappa shape index (κ2) is 7.70. The zero-order valence-corrected chi connectivity index (χ0v) is 12.4. The summed E-state index contributed by atoms with van der Waals surface area (Å²) in [6.07, 6.45) is 3.26. The zero-order valence-electron chi connectivity index (χ0n) is 12.4. The van der Waals surface area contributed by atoms with Crippen LogP contribution in [0, 0.1) is 5.92 Å². The molecule has 1 atom stereocenters. The van der Waals surface area contributed by atoms with Gasteiger partial charge < -0.3 is 10.6 Å². The molecule has 0 heterocycles. The van der Waals surface area contributed by atoms with Crippen LogP contribution in [-0.2, 0) is 4.79 Å². The molecule has 0 aliphatic carbocycles. The van der Waals surface area contributed by atoms with Crippen molar-refractivity contribution in [3.05, 3.63) is 0 Å². The Bertz CT molecular complexity index is 222. The lowest BCUT2D eigenvalue weighted by atomic mass is 9.95. The molecule has 17 heavy (non-hydrogen) atoms. The maximum atomic E-state index is 11.7. The Kier molecular flexibility index (Phi) is 7.44. The van der Waals surface area contributed by atoms with Gasteiger partial charge in [-0.3, -0.25) is 4.79 Å². The third-order valence-electron chi connectivity index (χ3n) is 3.70. The van der Waals surface area contributed by atoms with E-state index in [0.29, 0.717) is 18.5 Å². The molecule has 0 fully saturated rings. The van der Waals surface area contributed by atoms with Crippen LogP contribution in [0.1, 0.15) is 60.8 Å². The smallest absolute Gasteiger partial charge is 0.234 e. The number of rotatable bonds is 8. The Morgan fingerprint density at radius 2 is 1.71 bits per heavy atom. The first-order chi connectivity index (χ1) is 7.86. The van der Waals surface area contributed by atoms with Crippen molar-refractivity contribution in [1.82, 2.24) is 10.6 Å². The van der Waals surface area contributed by atoms with Gasteiger partial charge in [0.25, 0.3) is 0 Å². The summed E-state index contributed by atoms with van der Waals surface area (Å²) in [4.78, 5) is 11.7. The van der Waals surface area contributed by atoms with Crippen molar-refractivity contribution in [3.63, 3.8) is 0 Å². The van der Waals surface area contributed by atoms with Crippen molar-refractivity contribution in [2.75, 3.05) is 6.54 Å². The van der Waals surface area contributed by atoms with Crippen molar-refractivity contribution in [1.29, 1.82) is 0 Å². The molecule has 0 bridgehead atoms. The largest absolute Gasteiger partial charge is 0.350 e. The van der Waals surface area contributed by atoms with Gasteiger partial charge in [0, 0.05) is 11.6 Å². The van der Waals surface area contributed by atoms with Crippen LogP contribution in [-0.4, -0.2) is 24.0 Å². The van der Waals surface area contributed by atoms with E-state index in [1.54, 1.807) is 0 Å². The zero-order chi connectivity index (χ0) is 13.5. The molecule has 0 aromatic carbocycles. The second-order valence-corrected chi connectivity index (χ2v) is 5.53. The van der Waals surface area contributed by atoms with Crippen LogP contribution in [0.15, 0.2) is 0 Å². The average Bonchev–Trinajstić information content (AvgIpc) is 2.27. The number of hydrogen-bond acceptors (Lipinski definition) is 2. The summed E-state index contributed by atoms with van der Waals surface area (Å²) in [5.74, 6) is 0.747. The van der Waals surface area contributed by atoms with Gasteiger partial charge in [0.2, 0.25) is 5.91 Å². The molecule has 0 spiro atoms. The number of nitrogens with one attached hydrogen (secondary N) is 2. The summed E-state index contributed by atoms with van der Waals surface area (Å²) >= 11 is 0. The number of carbonyl (C=O) groups excluding carboxylic acids is 1. The third-order valence-corrected chi connectivity index (χ3v) is 3.70. The van der Waals surface area contributed by atoms with Gasteiger partial charge in [-0.2, -0.15) is 0 Å². The minimum Gasteiger partial charge on any atom is -0.350 e. The predicted molar refractivity (Wildman–Crippen MR) is 74.0 cm³/mol. The SMILES string of the molecule is CCC(CC)C(C)NCC(=O)NC(C)(C)CC. The van der Waals surface area contributed by atoms with Crippen molar-refractivity contribution >= 4 is 5.91 Å². The molecule has 0 aromatic heterocycles. The first kappa shape index (κ1) is 16.4. The molecule has 0 aliphatic rings. The normalized spacial score (nSPS) is 13.8. The Labute approximate surface area is 107 Å². The minimum absolute atomic E-state index is 0.0923. The van der Waals surface area contributed by atoms with Crippen LogP contribution in [0.4, 0.5) is 0 Å². The molecule has 3 heteroatoms. The van der Waals surface area contributed by atoms with Crippen molar-refractivity contribution < 1.29 is 4.79 Å². The van der Waals surface area contributed by atoms with Gasteiger partial charge in [-0.25, -0.2) is 0 Å². The van der Waals surface area contributed by atoms with E-state index in [9.17, 15) is 4.79 Å². The van der Waals surface area contributed by atoms with E-state index >= 15 is 0 Å². The topological polar surface area (TPSA) is 41.1 Å². The summed E-state index contributed by atoms with van der Waals surface area (Å²) in [7, 11) is 0. The third kappa shape index (κ3) is 6.67. The van der Waals surface area contributed by atoms with E-state index in [1.165, 1.54) is 0 Å². The summed E-state index contributed by atoms with van der Waals surface area (Å²) < 4.78 is 0. The van der Waals surface area contributed by atoms with E-state index in [1.807, 2.05) is 0 Å². The van der Waals surface area contributed by atoms with Crippen LogP contribution in [0.3, 0.4) is 0 Å². The van der Waals surface area contributed by atoms with Crippen molar-refractivity contribution in [3.8, 4) is 0 Å². The summed E-state index contributed by atoms with van der Waals surface area (Å²) in [6.45, 7) is 13.2. The quantitative estimate of drug-likeness (QED) is 0.687. The molecular weight excluding hydrogens is 212 g/mol. The molecule has 1 unspecified atom stereocenters. The molecule has 0 rings (SSSR count). The van der Waals surface area contributed by atoms with E-state index in [4.69, 9.17) is 0 Å². The highest BCUT2D eigenvalue weighted by Gasteiger charge is 2.19. The van der Waals surface area contributed by atoms with Crippen LogP contribution in [0.25, 0.3) is 0 Å². The number of amides is 1. The minimum atomic E-state index is -0.100. The fourth-order valence-corrected chi connectivity index (χ4v) is 1.93. The van der Waals surface area contributed by atoms with Gasteiger partial charge in [0.15, 0.2) is 0 Å². The van der Waals surface area contributed by atoms with Crippen LogP contribution < -0.4 is 10.6 Å². The fourth-order valence-electron chi connectivity index (χ4n) is 1.93. The Balaban J connectivity index is 3.99. The van der Waals surface area contributed by atoms with Crippen LogP contribution in [0.2, 0.25) is 0 Å². The Hall–Kier alpha value is -0.570. The predicted octanol–water partition coefficient (Wildman–Crippen LogP) is 2.71. The highest BCUT2D eigenvalue weighted by atomic mass is 16.2. The van der Waals surface area contributed by atoms with Gasteiger partial charge in [0.1, 0.15) is 0 Å². The first-order valence-electron chi connectivity index (χ1n) is 6.90. The Morgan fingerprint density at radius 1 is 1.18 bits per heavy atom. The lowest BCUT2D eigenvalue weighted by Crippen LogP contribution is -2.48. The van der Waals surface area contributed by atoms with Gasteiger partial charge in [-0.1, -0.05) is 33.6 Å². The lowest BCUT2D eigenvalue weighted by Gasteiger charge is -2.26. The molecule has 0 radical (unpaired) electrons. The van der Waals surface area contributed by atoms with Gasteiger partial charge in [-0.15, -0.1) is 0 Å². The molecule has 2 N–H and O–H groups in total. The van der Waals surface area contributed by atoms with E-state index < -0.39 is 0 Å². The maximum absolute atomic E-state index is 11.7. The van der Waals surface area contributed by atoms with Crippen molar-refractivity contribution in [2.24, 2.45) is 5.92 Å². The molecule has 1 amide bonds. The van der Waals surface area contributed by atoms with Crippen molar-refractivity contribution in [2.45, 2.75) is 72.4 Å². The second-order valence-electron chi connectivity index (χ2n) is 5.53. The summed E-state index contributed by atoms with van der Waals surface area (Å²) in [5.41, 5.74) is -0.100. The first-order valence-corrected chi connectivity index (χ1v) is 6.90. The molecule has 0 aliphatic heterocycles. The van der Waals surface area contributed by atoms with Crippen LogP contribution >= 0.6 is 0 Å². The maximum Gasteiger partial charge on any atom is 0.234 e. The number of carbonyl (C=O) groups is 1. The molecule has 102 valence electrons. The summed E-state index contributed by atoms with van der Waals surface area (Å²) in [6, 6.07) is 0.403. The summed E-state index contributed by atoms with van der Waals surface area (Å²) in [5, 5.41) is 6.35. The molecule has 3 nitrogen and oxygen atoms in total. The number of hydrogen-bond donors (Lipinski definition) is 2. The fraction of sp³-hybridized carbons (Fsp3) is 0.929. The van der Waals surface area contributed by atoms with E-state index in [-0.39, 0.29) is 11.4 Å². The molecule has 0 saturated carbocycles.